The average molecular weight is 984 g/mol. The zero-order chi connectivity index (χ0) is 49.8. The summed E-state index contributed by atoms with van der Waals surface area (Å²) in [6.07, 6.45) is 10.8. The molecule has 4 unspecified atom stereocenters. The number of rotatable bonds is 32. The summed E-state index contributed by atoms with van der Waals surface area (Å²) in [6, 6.07) is -1.48. The monoisotopic (exact) mass is 984 g/mol. The van der Waals surface area contributed by atoms with Crippen LogP contribution in [0.3, 0.4) is 0 Å². The number of Topliss-reactive ketones (excluding diaryl/α,β-unsaturated/α-hetero) is 3. The molecule has 7 atom stereocenters. The topological polar surface area (TPSA) is 263 Å². The van der Waals surface area contributed by atoms with Gasteiger partial charge in [0.1, 0.15) is 12.4 Å². The molecule has 3 fully saturated rings. The molecular formula is C48H76F3N7O9S. The first-order chi connectivity index (χ1) is 32.4. The van der Waals surface area contributed by atoms with Gasteiger partial charge in [-0.1, -0.05) is 12.8 Å². The Kier molecular flexibility index (Phi) is 23.8. The number of hydrogen-bond acceptors (Lipinski definition) is 13. The highest BCUT2D eigenvalue weighted by Gasteiger charge is 2.38. The Bertz CT molecular complexity index is 1960. The summed E-state index contributed by atoms with van der Waals surface area (Å²) < 4.78 is 73.9. The molecule has 0 bridgehead atoms. The van der Waals surface area contributed by atoms with Gasteiger partial charge in [-0.25, -0.2) is 17.2 Å². The summed E-state index contributed by atoms with van der Waals surface area (Å²) in [5.41, 5.74) is 17.0. The molecule has 0 aromatic heterocycles. The number of nitrogens with two attached hydrogens (primary N) is 3. The van der Waals surface area contributed by atoms with Gasteiger partial charge in [0.15, 0.2) is 44.6 Å². The van der Waals surface area contributed by atoms with Crippen LogP contribution in [0.2, 0.25) is 0 Å². The van der Waals surface area contributed by atoms with E-state index < -0.39 is 98.8 Å². The molecule has 0 aliphatic heterocycles. The van der Waals surface area contributed by atoms with Crippen molar-refractivity contribution in [1.82, 2.24) is 20.9 Å². The number of amides is 3. The van der Waals surface area contributed by atoms with Gasteiger partial charge < -0.3 is 37.9 Å². The van der Waals surface area contributed by atoms with Crippen molar-refractivity contribution < 1.29 is 55.1 Å². The van der Waals surface area contributed by atoms with Crippen LogP contribution in [0.1, 0.15) is 122 Å². The van der Waals surface area contributed by atoms with Gasteiger partial charge >= 0.3 is 0 Å². The second-order valence-electron chi connectivity index (χ2n) is 19.4. The molecule has 384 valence electrons. The molecule has 20 heteroatoms. The lowest BCUT2D eigenvalue weighted by Gasteiger charge is -2.25. The molecule has 68 heavy (non-hydrogen) atoms. The lowest BCUT2D eigenvalue weighted by Crippen LogP contribution is -2.47. The van der Waals surface area contributed by atoms with Gasteiger partial charge in [0, 0.05) is 24.3 Å². The molecule has 16 nitrogen and oxygen atoms in total. The van der Waals surface area contributed by atoms with E-state index in [1.807, 2.05) is 11.9 Å². The third kappa shape index (κ3) is 18.4. The third-order valence-corrected chi connectivity index (χ3v) is 15.4. The van der Waals surface area contributed by atoms with Crippen LogP contribution in [0.5, 0.6) is 5.75 Å². The summed E-state index contributed by atoms with van der Waals surface area (Å²) in [7, 11) is -2.13. The quantitative estimate of drug-likeness (QED) is 0.0448. The highest BCUT2D eigenvalue weighted by atomic mass is 32.2. The smallest absolute Gasteiger partial charge is 0.223 e. The number of nitrogens with zero attached hydrogens (tertiary/aromatic N) is 1. The van der Waals surface area contributed by atoms with Crippen LogP contribution in [-0.2, 0) is 38.6 Å². The minimum atomic E-state index is -3.99. The molecule has 1 aromatic carbocycles. The lowest BCUT2D eigenvalue weighted by atomic mass is 10.0. The van der Waals surface area contributed by atoms with E-state index in [9.17, 15) is 50.4 Å². The van der Waals surface area contributed by atoms with E-state index in [0.717, 1.165) is 44.9 Å². The summed E-state index contributed by atoms with van der Waals surface area (Å²) in [4.78, 5) is 82.1. The summed E-state index contributed by atoms with van der Waals surface area (Å²) >= 11 is 0. The third-order valence-electron chi connectivity index (χ3n) is 13.7. The zero-order valence-electron chi connectivity index (χ0n) is 39.8. The number of sulfone groups is 1. The second-order valence-corrected chi connectivity index (χ2v) is 21.5. The zero-order valence-corrected chi connectivity index (χ0v) is 40.6. The molecule has 3 aliphatic rings. The van der Waals surface area contributed by atoms with Crippen molar-refractivity contribution in [2.24, 2.45) is 46.8 Å². The fraction of sp³-hybridized carbons (Fsp3) is 0.750. The van der Waals surface area contributed by atoms with E-state index in [4.69, 9.17) is 21.9 Å². The maximum atomic E-state index is 14.1. The van der Waals surface area contributed by atoms with Gasteiger partial charge in [-0.2, -0.15) is 4.39 Å². The van der Waals surface area contributed by atoms with Crippen molar-refractivity contribution in [3.05, 3.63) is 29.6 Å². The highest BCUT2D eigenvalue weighted by Crippen LogP contribution is 2.34. The van der Waals surface area contributed by atoms with Crippen molar-refractivity contribution in [2.75, 3.05) is 57.9 Å². The van der Waals surface area contributed by atoms with Crippen LogP contribution >= 0.6 is 0 Å². The van der Waals surface area contributed by atoms with E-state index in [2.05, 4.69) is 16.0 Å². The first-order valence-corrected chi connectivity index (χ1v) is 26.5. The fourth-order valence-corrected chi connectivity index (χ4v) is 11.7. The van der Waals surface area contributed by atoms with Crippen molar-refractivity contribution in [3.63, 3.8) is 0 Å². The van der Waals surface area contributed by atoms with Crippen LogP contribution < -0.4 is 37.9 Å². The lowest BCUT2D eigenvalue weighted by molar-refractivity contribution is -0.131. The molecule has 9 N–H and O–H groups in total. The predicted octanol–water partition coefficient (Wildman–Crippen LogP) is 3.40. The van der Waals surface area contributed by atoms with Crippen LogP contribution in [-0.4, -0.2) is 124 Å². The van der Waals surface area contributed by atoms with E-state index in [-0.39, 0.29) is 61.0 Å². The number of carbonyl (C=O) groups is 6. The number of carbonyl (C=O) groups excluding carboxylic acids is 6. The van der Waals surface area contributed by atoms with Crippen LogP contribution in [0.25, 0.3) is 0 Å². The van der Waals surface area contributed by atoms with E-state index in [0.29, 0.717) is 96.1 Å². The SMILES string of the molecule is CN(CC(=O)[C@H](CCCCN)NC(=O)C1CCCC1)CC1CCC(C(=O)N[C@@H](CCCCN)C(=O)CS(=O)(=O)CC2CCC(C(=O)N[C@H](CCCCN)C(=O)COc3c(F)ccc(F)c3F)C2)C1. The maximum absolute atomic E-state index is 14.1. The number of likely N-dealkylation sites (N-methyl/N-ethyl adjacent to an activating group) is 1. The van der Waals surface area contributed by atoms with E-state index in [1.54, 1.807) is 0 Å². The molecule has 0 heterocycles. The molecule has 0 radical (unpaired) electrons. The Morgan fingerprint density at radius 1 is 0.647 bits per heavy atom. The Morgan fingerprint density at radius 2 is 1.12 bits per heavy atom. The normalized spacial score (nSPS) is 21.1. The highest BCUT2D eigenvalue weighted by molar-refractivity contribution is 7.92. The van der Waals surface area contributed by atoms with E-state index >= 15 is 0 Å². The van der Waals surface area contributed by atoms with Crippen molar-refractivity contribution in [2.45, 2.75) is 140 Å². The Hall–Kier alpha value is -3.98. The number of nitrogens with one attached hydrogen (secondary N) is 3. The molecular weight excluding hydrogens is 908 g/mol. The van der Waals surface area contributed by atoms with Crippen LogP contribution in [0.4, 0.5) is 13.2 Å². The molecule has 3 aliphatic carbocycles. The van der Waals surface area contributed by atoms with Crippen molar-refractivity contribution in [1.29, 1.82) is 0 Å². The number of unbranched alkanes of at least 4 members (excludes halogenated alkanes) is 3. The predicted molar refractivity (Wildman–Crippen MR) is 251 cm³/mol. The van der Waals surface area contributed by atoms with Gasteiger partial charge in [-0.05, 0) is 160 Å². The second kappa shape index (κ2) is 28.6. The molecule has 0 saturated heterocycles. The molecule has 0 spiro atoms. The number of hydrogen-bond donors (Lipinski definition) is 6. The van der Waals surface area contributed by atoms with Crippen molar-refractivity contribution >= 4 is 44.9 Å². The van der Waals surface area contributed by atoms with Crippen molar-refractivity contribution in [3.8, 4) is 5.75 Å². The molecule has 3 amide bonds. The van der Waals surface area contributed by atoms with Gasteiger partial charge in [-0.15, -0.1) is 0 Å². The summed E-state index contributed by atoms with van der Waals surface area (Å²) in [5, 5.41) is 8.55. The number of ketones is 3. The molecule has 3 saturated carbocycles. The standard InChI is InChI=1S/C48H76F3N7O9S/c1-58(27-41(59)38(12-4-7-21-52)55-46(62)33-10-2-3-11-33)26-31-15-17-34(24-31)47(63)57-40(14-6-9-23-54)43(61)30-68(65,66)29-32-16-18-35(25-32)48(64)56-39(13-5-8-22-53)42(60)28-67-45-37(50)20-19-36(49)44(45)51/h19-20,31-35,38-40H,2-18,21-30,52-54H2,1H3,(H,55,62)(H,56,64)(H,57,63)/t31?,32?,34?,35?,38-,39+,40-/m0/s1. The largest absolute Gasteiger partial charge is 0.480 e. The Balaban J connectivity index is 1.27. The Morgan fingerprint density at radius 3 is 1.66 bits per heavy atom. The Labute approximate surface area is 399 Å². The number of benzene rings is 1. The average Bonchev–Trinajstić information content (AvgIpc) is 4.10. The maximum Gasteiger partial charge on any atom is 0.223 e. The number of ether oxygens (including phenoxy) is 1. The minimum absolute atomic E-state index is 0.0534. The fourth-order valence-electron chi connectivity index (χ4n) is 9.92. The number of halogens is 3. The van der Waals surface area contributed by atoms with Gasteiger partial charge in [-0.3, -0.25) is 33.7 Å². The van der Waals surface area contributed by atoms with Gasteiger partial charge in [0.2, 0.25) is 23.5 Å². The first kappa shape index (κ1) is 56.6. The van der Waals surface area contributed by atoms with Gasteiger partial charge in [0.25, 0.3) is 0 Å². The van der Waals surface area contributed by atoms with Crippen LogP contribution in [0, 0.1) is 47.0 Å². The van der Waals surface area contributed by atoms with E-state index in [1.165, 1.54) is 0 Å². The minimum Gasteiger partial charge on any atom is -0.480 e. The van der Waals surface area contributed by atoms with Gasteiger partial charge in [0.05, 0.1) is 30.4 Å². The summed E-state index contributed by atoms with van der Waals surface area (Å²) in [5.74, 6) is -10.1. The summed E-state index contributed by atoms with van der Waals surface area (Å²) in [6.45, 7) is 1.05. The first-order valence-electron chi connectivity index (χ1n) is 24.7. The molecule has 4 rings (SSSR count). The van der Waals surface area contributed by atoms with Crippen LogP contribution in [0.15, 0.2) is 12.1 Å². The molecule has 1 aromatic rings.